The van der Waals surface area contributed by atoms with Crippen molar-refractivity contribution in [1.29, 1.82) is 0 Å². The van der Waals surface area contributed by atoms with Gasteiger partial charge in [-0.15, -0.1) is 34.2 Å². The van der Waals surface area contributed by atoms with E-state index >= 15 is 0 Å². The van der Waals surface area contributed by atoms with Crippen molar-refractivity contribution < 1.29 is 0 Å². The fourth-order valence-electron chi connectivity index (χ4n) is 3.18. The van der Waals surface area contributed by atoms with Crippen LogP contribution in [0.15, 0.2) is 35.3 Å². The second kappa shape index (κ2) is 9.34. The Hall–Kier alpha value is -1.64. The molecular weight excluding hydrogens is 439 g/mol. The van der Waals surface area contributed by atoms with Gasteiger partial charge in [-0.25, -0.2) is 0 Å². The molecule has 1 aliphatic rings. The van der Waals surface area contributed by atoms with Gasteiger partial charge in [-0.1, -0.05) is 44.2 Å². The molecule has 3 rings (SSSR count). The normalized spacial score (nSPS) is 14.3. The highest BCUT2D eigenvalue weighted by molar-refractivity contribution is 14.0. The van der Waals surface area contributed by atoms with E-state index in [9.17, 15) is 0 Å². The van der Waals surface area contributed by atoms with Crippen LogP contribution in [0.2, 0.25) is 0 Å². The van der Waals surface area contributed by atoms with Crippen molar-refractivity contribution in [2.75, 3.05) is 13.6 Å². The molecule has 0 aliphatic carbocycles. The summed E-state index contributed by atoms with van der Waals surface area (Å²) in [5.41, 5.74) is 1.33. The number of hydrogen-bond donors (Lipinski definition) is 2. The van der Waals surface area contributed by atoms with E-state index in [2.05, 4.69) is 68.5 Å². The number of nitrogens with one attached hydrogen (secondary N) is 2. The van der Waals surface area contributed by atoms with Gasteiger partial charge < -0.3 is 15.2 Å². The molecule has 0 bridgehead atoms. The summed E-state index contributed by atoms with van der Waals surface area (Å²) in [5.74, 6) is 2.88. The molecule has 2 aromatic rings. The van der Waals surface area contributed by atoms with Gasteiger partial charge in [0, 0.05) is 32.0 Å². The minimum atomic E-state index is 0. The molecule has 0 unspecified atom stereocenters. The number of aliphatic imine (C=N–C) groups is 1. The van der Waals surface area contributed by atoms with Crippen LogP contribution in [0.25, 0.3) is 0 Å². The Morgan fingerprint density at radius 1 is 1.15 bits per heavy atom. The summed E-state index contributed by atoms with van der Waals surface area (Å²) in [6, 6.07) is 10.5. The lowest BCUT2D eigenvalue weighted by Gasteiger charge is -2.26. The van der Waals surface area contributed by atoms with Crippen molar-refractivity contribution >= 4 is 29.9 Å². The number of rotatable bonds is 5. The highest BCUT2D eigenvalue weighted by atomic mass is 127. The summed E-state index contributed by atoms with van der Waals surface area (Å²) in [6.07, 6.45) is 3.45. The Kier molecular flexibility index (Phi) is 7.43. The largest absolute Gasteiger partial charge is 0.356 e. The third kappa shape index (κ3) is 4.96. The van der Waals surface area contributed by atoms with Crippen molar-refractivity contribution in [3.63, 3.8) is 0 Å². The predicted molar refractivity (Wildman–Crippen MR) is 116 cm³/mol. The average molecular weight is 468 g/mol. The van der Waals surface area contributed by atoms with E-state index in [-0.39, 0.29) is 29.4 Å². The SMILES string of the molecule is CN=C(NCc1nnc2n1CCCC2)NCC(C)(C)c1ccccc1.I. The standard InChI is InChI=1S/C19H28N6.HI/c1-19(2,15-9-5-4-6-10-15)14-22-18(20-3)21-13-17-24-23-16-11-7-8-12-25(16)17;/h4-6,9-10H,7-8,11-14H2,1-3H3,(H2,20,21,22);1H. The first kappa shape index (κ1) is 20.7. The number of benzene rings is 1. The number of hydrogen-bond acceptors (Lipinski definition) is 3. The quantitative estimate of drug-likeness (QED) is 0.403. The van der Waals surface area contributed by atoms with Gasteiger partial charge in [-0.3, -0.25) is 4.99 Å². The van der Waals surface area contributed by atoms with E-state index in [0.717, 1.165) is 37.1 Å². The third-order valence-electron chi connectivity index (χ3n) is 4.83. The number of fused-ring (bicyclic) bond motifs is 1. The molecule has 6 nitrogen and oxygen atoms in total. The zero-order valence-corrected chi connectivity index (χ0v) is 18.2. The van der Waals surface area contributed by atoms with Crippen LogP contribution >= 0.6 is 24.0 Å². The first-order valence-corrected chi connectivity index (χ1v) is 9.01. The Morgan fingerprint density at radius 2 is 1.92 bits per heavy atom. The van der Waals surface area contributed by atoms with Crippen LogP contribution in [0.5, 0.6) is 0 Å². The molecule has 0 saturated heterocycles. The molecule has 142 valence electrons. The molecule has 1 aromatic heterocycles. The maximum atomic E-state index is 4.33. The van der Waals surface area contributed by atoms with Crippen LogP contribution in [0, 0.1) is 0 Å². The van der Waals surface area contributed by atoms with E-state index in [1.165, 1.54) is 18.4 Å². The predicted octanol–water partition coefficient (Wildman–Crippen LogP) is 2.88. The number of guanidine groups is 1. The molecule has 26 heavy (non-hydrogen) atoms. The lowest BCUT2D eigenvalue weighted by molar-refractivity contribution is 0.499. The second-order valence-electron chi connectivity index (χ2n) is 7.17. The van der Waals surface area contributed by atoms with Gasteiger partial charge in [0.25, 0.3) is 0 Å². The zero-order valence-electron chi connectivity index (χ0n) is 15.8. The van der Waals surface area contributed by atoms with E-state index in [4.69, 9.17) is 0 Å². The maximum absolute atomic E-state index is 4.33. The Morgan fingerprint density at radius 3 is 2.65 bits per heavy atom. The van der Waals surface area contributed by atoms with Crippen molar-refractivity contribution in [3.8, 4) is 0 Å². The summed E-state index contributed by atoms with van der Waals surface area (Å²) in [4.78, 5) is 4.33. The van der Waals surface area contributed by atoms with Crippen LogP contribution in [-0.4, -0.2) is 34.3 Å². The Balaban J connectivity index is 0.00000243. The van der Waals surface area contributed by atoms with Gasteiger partial charge in [0.15, 0.2) is 11.8 Å². The third-order valence-corrected chi connectivity index (χ3v) is 4.83. The fourth-order valence-corrected chi connectivity index (χ4v) is 3.18. The van der Waals surface area contributed by atoms with Gasteiger partial charge in [0.05, 0.1) is 6.54 Å². The number of halogens is 1. The molecule has 0 amide bonds. The molecule has 0 atom stereocenters. The summed E-state index contributed by atoms with van der Waals surface area (Å²) in [6.45, 7) is 6.93. The van der Waals surface area contributed by atoms with Crippen molar-refractivity contribution in [3.05, 3.63) is 47.5 Å². The van der Waals surface area contributed by atoms with E-state index in [1.54, 1.807) is 7.05 Å². The maximum Gasteiger partial charge on any atom is 0.191 e. The fraction of sp³-hybridized carbons (Fsp3) is 0.526. The van der Waals surface area contributed by atoms with E-state index in [0.29, 0.717) is 6.54 Å². The van der Waals surface area contributed by atoms with Gasteiger partial charge in [0.1, 0.15) is 5.82 Å². The monoisotopic (exact) mass is 468 g/mol. The molecule has 2 heterocycles. The van der Waals surface area contributed by atoms with Gasteiger partial charge in [0.2, 0.25) is 0 Å². The lowest BCUT2D eigenvalue weighted by atomic mass is 9.85. The first-order chi connectivity index (χ1) is 12.1. The number of aryl methyl sites for hydroxylation is 1. The van der Waals surface area contributed by atoms with Gasteiger partial charge in [-0.05, 0) is 18.4 Å². The number of nitrogens with zero attached hydrogens (tertiary/aromatic N) is 4. The summed E-state index contributed by atoms with van der Waals surface area (Å²) >= 11 is 0. The molecular formula is C19H29IN6. The molecule has 2 N–H and O–H groups in total. The minimum Gasteiger partial charge on any atom is -0.356 e. The lowest BCUT2D eigenvalue weighted by Crippen LogP contribution is -2.43. The second-order valence-corrected chi connectivity index (χ2v) is 7.17. The van der Waals surface area contributed by atoms with E-state index in [1.807, 2.05) is 6.07 Å². The zero-order chi connectivity index (χ0) is 17.7. The van der Waals surface area contributed by atoms with Gasteiger partial charge in [-0.2, -0.15) is 0 Å². The topological polar surface area (TPSA) is 67.1 Å². The average Bonchev–Trinajstić information content (AvgIpc) is 3.06. The molecule has 0 fully saturated rings. The Labute approximate surface area is 172 Å². The van der Waals surface area contributed by atoms with Crippen LogP contribution in [0.4, 0.5) is 0 Å². The van der Waals surface area contributed by atoms with Crippen LogP contribution in [0.1, 0.15) is 43.9 Å². The van der Waals surface area contributed by atoms with Gasteiger partial charge >= 0.3 is 0 Å². The van der Waals surface area contributed by atoms with Crippen LogP contribution in [-0.2, 0) is 24.9 Å². The van der Waals surface area contributed by atoms with Crippen molar-refractivity contribution in [2.45, 2.75) is 51.6 Å². The molecule has 0 radical (unpaired) electrons. The first-order valence-electron chi connectivity index (χ1n) is 9.01. The molecule has 0 spiro atoms. The highest BCUT2D eigenvalue weighted by Gasteiger charge is 2.21. The minimum absolute atomic E-state index is 0. The Bertz CT molecular complexity index is 723. The molecule has 1 aromatic carbocycles. The van der Waals surface area contributed by atoms with E-state index < -0.39 is 0 Å². The number of aromatic nitrogens is 3. The van der Waals surface area contributed by atoms with Crippen LogP contribution < -0.4 is 10.6 Å². The van der Waals surface area contributed by atoms with Crippen molar-refractivity contribution in [2.24, 2.45) is 4.99 Å². The molecule has 1 aliphatic heterocycles. The summed E-state index contributed by atoms with van der Waals surface area (Å²) in [5, 5.41) is 15.4. The highest BCUT2D eigenvalue weighted by Crippen LogP contribution is 2.21. The molecule has 7 heteroatoms. The summed E-state index contributed by atoms with van der Waals surface area (Å²) in [7, 11) is 1.80. The van der Waals surface area contributed by atoms with Crippen molar-refractivity contribution in [1.82, 2.24) is 25.4 Å². The smallest absolute Gasteiger partial charge is 0.191 e. The summed E-state index contributed by atoms with van der Waals surface area (Å²) < 4.78 is 2.23. The molecule has 0 saturated carbocycles. The van der Waals surface area contributed by atoms with Crippen LogP contribution in [0.3, 0.4) is 0 Å².